The van der Waals surface area contributed by atoms with Crippen LogP contribution in [0.4, 0.5) is 0 Å². The third-order valence-corrected chi connectivity index (χ3v) is 2.66. The number of aromatic nitrogens is 2. The van der Waals surface area contributed by atoms with Crippen LogP contribution in [0.3, 0.4) is 0 Å². The van der Waals surface area contributed by atoms with Gasteiger partial charge >= 0.3 is 0 Å². The zero-order valence-electron chi connectivity index (χ0n) is 10.4. The number of ketones is 1. The van der Waals surface area contributed by atoms with Crippen LogP contribution < -0.4 is 5.32 Å². The molecule has 1 N–H and O–H groups in total. The van der Waals surface area contributed by atoms with Crippen molar-refractivity contribution in [1.29, 1.82) is 0 Å². The van der Waals surface area contributed by atoms with Gasteiger partial charge in [-0.3, -0.25) is 9.59 Å². The van der Waals surface area contributed by atoms with Crippen LogP contribution in [0.1, 0.15) is 24.0 Å². The first-order valence-corrected chi connectivity index (χ1v) is 5.89. The van der Waals surface area contributed by atoms with E-state index in [9.17, 15) is 9.59 Å². The maximum absolute atomic E-state index is 12.0. The molecule has 1 aromatic heterocycles. The van der Waals surface area contributed by atoms with Gasteiger partial charge in [-0.1, -0.05) is 30.3 Å². The Balaban J connectivity index is 2.21. The molecule has 6 heteroatoms. The van der Waals surface area contributed by atoms with Crippen molar-refractivity contribution in [3.8, 4) is 11.5 Å². The summed E-state index contributed by atoms with van der Waals surface area (Å²) in [7, 11) is 0. The fraction of sp³-hybridized carbons (Fsp3) is 0.231. The summed E-state index contributed by atoms with van der Waals surface area (Å²) >= 11 is 0. The monoisotopic (exact) mass is 259 g/mol. The molecule has 0 spiro atoms. The molecular formula is C13H13N3O3. The Morgan fingerprint density at radius 1 is 1.42 bits per heavy atom. The lowest BCUT2D eigenvalue weighted by Gasteiger charge is -2.08. The summed E-state index contributed by atoms with van der Waals surface area (Å²) in [5.41, 5.74) is 0.741. The highest BCUT2D eigenvalue weighted by atomic mass is 16.5. The highest BCUT2D eigenvalue weighted by molar-refractivity contribution is 5.97. The third-order valence-electron chi connectivity index (χ3n) is 2.66. The van der Waals surface area contributed by atoms with Crippen LogP contribution in [-0.2, 0) is 4.79 Å². The standard InChI is InChI=1S/C13H13N3O3/c1-2-10(14-8-17)11(18)12-15-13(19-16-12)9-6-4-3-5-7-9/h3-8,10H,2H2,1H3,(H,14,17). The highest BCUT2D eigenvalue weighted by Gasteiger charge is 2.23. The number of carbonyl (C=O) groups excluding carboxylic acids is 2. The molecule has 0 aliphatic heterocycles. The second-order valence-corrected chi connectivity index (χ2v) is 3.90. The molecule has 0 aliphatic carbocycles. The SMILES string of the molecule is CCC(NC=O)C(=O)c1noc(-c2ccccc2)n1. The van der Waals surface area contributed by atoms with Crippen molar-refractivity contribution in [2.24, 2.45) is 0 Å². The summed E-state index contributed by atoms with van der Waals surface area (Å²) in [6, 6.07) is 8.53. The first-order chi connectivity index (χ1) is 9.26. The van der Waals surface area contributed by atoms with E-state index >= 15 is 0 Å². The number of hydrogen-bond acceptors (Lipinski definition) is 5. The van der Waals surface area contributed by atoms with Gasteiger partial charge in [-0.05, 0) is 18.6 Å². The van der Waals surface area contributed by atoms with E-state index in [1.165, 1.54) is 0 Å². The molecule has 0 radical (unpaired) electrons. The fourth-order valence-electron chi connectivity index (χ4n) is 1.64. The molecule has 1 amide bonds. The van der Waals surface area contributed by atoms with Crippen molar-refractivity contribution in [3.63, 3.8) is 0 Å². The number of rotatable bonds is 6. The Morgan fingerprint density at radius 3 is 2.79 bits per heavy atom. The molecular weight excluding hydrogens is 246 g/mol. The summed E-state index contributed by atoms with van der Waals surface area (Å²) in [4.78, 5) is 26.5. The Morgan fingerprint density at radius 2 is 2.16 bits per heavy atom. The fourth-order valence-corrected chi connectivity index (χ4v) is 1.64. The van der Waals surface area contributed by atoms with Gasteiger partial charge in [0.2, 0.25) is 18.0 Å². The van der Waals surface area contributed by atoms with Gasteiger partial charge in [0.25, 0.3) is 5.89 Å². The van der Waals surface area contributed by atoms with Gasteiger partial charge in [-0.15, -0.1) is 0 Å². The average molecular weight is 259 g/mol. The Kier molecular flexibility index (Phi) is 4.02. The van der Waals surface area contributed by atoms with Crippen LogP contribution in [0, 0.1) is 0 Å². The van der Waals surface area contributed by atoms with Gasteiger partial charge in [0, 0.05) is 5.56 Å². The smallest absolute Gasteiger partial charge is 0.258 e. The van der Waals surface area contributed by atoms with E-state index in [-0.39, 0.29) is 17.5 Å². The van der Waals surface area contributed by atoms with Crippen molar-refractivity contribution in [3.05, 3.63) is 36.2 Å². The Labute approximate surface area is 109 Å². The van der Waals surface area contributed by atoms with Crippen LogP contribution in [0.2, 0.25) is 0 Å². The zero-order valence-corrected chi connectivity index (χ0v) is 10.4. The summed E-state index contributed by atoms with van der Waals surface area (Å²) in [6.07, 6.45) is 0.955. The lowest BCUT2D eigenvalue weighted by Crippen LogP contribution is -2.35. The molecule has 1 aromatic carbocycles. The second-order valence-electron chi connectivity index (χ2n) is 3.90. The molecule has 0 saturated heterocycles. The summed E-state index contributed by atoms with van der Waals surface area (Å²) in [6.45, 7) is 1.79. The first-order valence-electron chi connectivity index (χ1n) is 5.89. The van der Waals surface area contributed by atoms with Crippen molar-refractivity contribution in [1.82, 2.24) is 15.5 Å². The second kappa shape index (κ2) is 5.90. The third kappa shape index (κ3) is 2.85. The number of Topliss-reactive ketones (excluding diaryl/α,β-unsaturated/α-hetero) is 1. The summed E-state index contributed by atoms with van der Waals surface area (Å²) in [5, 5.41) is 6.08. The normalized spacial score (nSPS) is 11.8. The lowest BCUT2D eigenvalue weighted by atomic mass is 10.1. The summed E-state index contributed by atoms with van der Waals surface area (Å²) < 4.78 is 5.05. The first kappa shape index (κ1) is 12.9. The van der Waals surface area contributed by atoms with Crippen LogP contribution in [0.15, 0.2) is 34.9 Å². The zero-order chi connectivity index (χ0) is 13.7. The van der Waals surface area contributed by atoms with E-state index in [1.807, 2.05) is 30.3 Å². The molecule has 0 aliphatic rings. The van der Waals surface area contributed by atoms with E-state index in [1.54, 1.807) is 6.92 Å². The Bertz CT molecular complexity index is 566. The van der Waals surface area contributed by atoms with Crippen LogP contribution in [0.25, 0.3) is 11.5 Å². The molecule has 19 heavy (non-hydrogen) atoms. The maximum atomic E-state index is 12.0. The Hall–Kier alpha value is -2.50. The maximum Gasteiger partial charge on any atom is 0.258 e. The number of nitrogens with zero attached hydrogens (tertiary/aromatic N) is 2. The minimum Gasteiger partial charge on any atom is -0.348 e. The molecule has 0 saturated carbocycles. The molecule has 6 nitrogen and oxygen atoms in total. The largest absolute Gasteiger partial charge is 0.348 e. The molecule has 1 atom stereocenters. The quantitative estimate of drug-likeness (QED) is 0.626. The van der Waals surface area contributed by atoms with E-state index < -0.39 is 6.04 Å². The van der Waals surface area contributed by atoms with Gasteiger partial charge in [0.05, 0.1) is 6.04 Å². The number of carbonyl (C=O) groups is 2. The predicted molar refractivity (Wildman–Crippen MR) is 67.3 cm³/mol. The molecule has 1 heterocycles. The highest BCUT2D eigenvalue weighted by Crippen LogP contribution is 2.16. The van der Waals surface area contributed by atoms with Crippen molar-refractivity contribution in [2.45, 2.75) is 19.4 Å². The van der Waals surface area contributed by atoms with E-state index in [0.29, 0.717) is 12.8 Å². The topological polar surface area (TPSA) is 85.1 Å². The minimum atomic E-state index is -0.626. The van der Waals surface area contributed by atoms with Crippen molar-refractivity contribution in [2.75, 3.05) is 0 Å². The van der Waals surface area contributed by atoms with Crippen molar-refractivity contribution < 1.29 is 14.1 Å². The van der Waals surface area contributed by atoms with E-state index in [4.69, 9.17) is 4.52 Å². The van der Waals surface area contributed by atoms with Gasteiger partial charge in [-0.25, -0.2) is 0 Å². The van der Waals surface area contributed by atoms with Crippen LogP contribution in [-0.4, -0.2) is 28.4 Å². The number of hydrogen-bond donors (Lipinski definition) is 1. The molecule has 2 aromatic rings. The molecule has 1 unspecified atom stereocenters. The minimum absolute atomic E-state index is 0.0277. The predicted octanol–water partition coefficient (Wildman–Crippen LogP) is 1.44. The van der Waals surface area contributed by atoms with Crippen LogP contribution >= 0.6 is 0 Å². The number of amides is 1. The van der Waals surface area contributed by atoms with Crippen LogP contribution in [0.5, 0.6) is 0 Å². The van der Waals surface area contributed by atoms with Gasteiger partial charge < -0.3 is 9.84 Å². The molecule has 0 bridgehead atoms. The lowest BCUT2D eigenvalue weighted by molar-refractivity contribution is -0.110. The van der Waals surface area contributed by atoms with E-state index in [0.717, 1.165) is 5.56 Å². The number of nitrogens with one attached hydrogen (secondary N) is 1. The number of benzene rings is 1. The molecule has 2 rings (SSSR count). The molecule has 0 fully saturated rings. The molecule has 98 valence electrons. The average Bonchev–Trinajstić information content (AvgIpc) is 2.95. The van der Waals surface area contributed by atoms with Gasteiger partial charge in [0.15, 0.2) is 0 Å². The van der Waals surface area contributed by atoms with Gasteiger partial charge in [-0.2, -0.15) is 4.98 Å². The summed E-state index contributed by atoms with van der Waals surface area (Å²) in [5.74, 6) is -0.106. The van der Waals surface area contributed by atoms with Crippen molar-refractivity contribution >= 4 is 12.2 Å². The van der Waals surface area contributed by atoms with E-state index in [2.05, 4.69) is 15.5 Å². The van der Waals surface area contributed by atoms with Gasteiger partial charge in [0.1, 0.15) is 0 Å².